The Bertz CT molecular complexity index is 597. The smallest absolute Gasteiger partial charge is 0.253 e. The molecule has 0 bridgehead atoms. The molecule has 2 N–H and O–H groups in total. The Morgan fingerprint density at radius 2 is 2.00 bits per heavy atom. The zero-order valence-corrected chi connectivity index (χ0v) is 13.6. The summed E-state index contributed by atoms with van der Waals surface area (Å²) in [5.41, 5.74) is 1.58. The molecule has 2 rings (SSSR count). The standard InChI is InChI=1S/C16H19ClN2OS/c1-2-10-18-14-6-4-3-5-13(14)16(20)19-11-9-12-7-8-15(17)21-12/h3-8,18H,2,9-11H2,1H3,(H,19,20). The Kier molecular flexibility index (Phi) is 6.08. The highest BCUT2D eigenvalue weighted by Crippen LogP contribution is 2.21. The number of halogens is 1. The number of hydrogen-bond acceptors (Lipinski definition) is 3. The third kappa shape index (κ3) is 4.76. The number of carbonyl (C=O) groups is 1. The van der Waals surface area contributed by atoms with Crippen molar-refractivity contribution in [2.45, 2.75) is 19.8 Å². The summed E-state index contributed by atoms with van der Waals surface area (Å²) in [5.74, 6) is -0.0446. The van der Waals surface area contributed by atoms with E-state index in [-0.39, 0.29) is 5.91 Å². The number of rotatable bonds is 7. The van der Waals surface area contributed by atoms with Gasteiger partial charge in [0.2, 0.25) is 0 Å². The minimum absolute atomic E-state index is 0.0446. The van der Waals surface area contributed by atoms with Crippen molar-refractivity contribution in [3.8, 4) is 0 Å². The second-order valence-electron chi connectivity index (χ2n) is 4.68. The minimum atomic E-state index is -0.0446. The molecule has 0 spiro atoms. The van der Waals surface area contributed by atoms with Gasteiger partial charge < -0.3 is 10.6 Å². The van der Waals surface area contributed by atoms with Crippen molar-refractivity contribution in [2.75, 3.05) is 18.4 Å². The minimum Gasteiger partial charge on any atom is -0.384 e. The van der Waals surface area contributed by atoms with E-state index in [4.69, 9.17) is 11.6 Å². The van der Waals surface area contributed by atoms with Crippen molar-refractivity contribution in [3.05, 3.63) is 51.2 Å². The number of amides is 1. The van der Waals surface area contributed by atoms with Gasteiger partial charge in [-0.25, -0.2) is 0 Å². The highest BCUT2D eigenvalue weighted by atomic mass is 35.5. The predicted molar refractivity (Wildman–Crippen MR) is 90.6 cm³/mol. The number of anilines is 1. The lowest BCUT2D eigenvalue weighted by atomic mass is 10.1. The lowest BCUT2D eigenvalue weighted by Gasteiger charge is -2.11. The van der Waals surface area contributed by atoms with E-state index in [1.54, 1.807) is 11.3 Å². The van der Waals surface area contributed by atoms with Gasteiger partial charge in [-0.2, -0.15) is 0 Å². The molecule has 0 aliphatic carbocycles. The molecule has 0 radical (unpaired) electrons. The van der Waals surface area contributed by atoms with E-state index < -0.39 is 0 Å². The Hall–Kier alpha value is -1.52. The van der Waals surface area contributed by atoms with Crippen LogP contribution in [0.1, 0.15) is 28.6 Å². The molecule has 112 valence electrons. The van der Waals surface area contributed by atoms with Gasteiger partial charge in [0, 0.05) is 23.7 Å². The number of thiophene rings is 1. The average molecular weight is 323 g/mol. The SMILES string of the molecule is CCCNc1ccccc1C(=O)NCCc1ccc(Cl)s1. The molecule has 2 aromatic rings. The van der Waals surface area contributed by atoms with Gasteiger partial charge in [0.05, 0.1) is 9.90 Å². The second-order valence-corrected chi connectivity index (χ2v) is 6.48. The van der Waals surface area contributed by atoms with E-state index in [0.717, 1.165) is 29.4 Å². The summed E-state index contributed by atoms with van der Waals surface area (Å²) in [4.78, 5) is 13.4. The molecule has 0 aliphatic heterocycles. The molecule has 1 aromatic heterocycles. The first-order chi connectivity index (χ1) is 10.2. The van der Waals surface area contributed by atoms with Crippen LogP contribution in [-0.2, 0) is 6.42 Å². The highest BCUT2D eigenvalue weighted by Gasteiger charge is 2.10. The fourth-order valence-corrected chi connectivity index (χ4v) is 3.06. The zero-order chi connectivity index (χ0) is 15.1. The third-order valence-corrected chi connectivity index (χ3v) is 4.31. The monoisotopic (exact) mass is 322 g/mol. The lowest BCUT2D eigenvalue weighted by molar-refractivity contribution is 0.0955. The Labute approximate surface area is 134 Å². The molecule has 3 nitrogen and oxygen atoms in total. The van der Waals surface area contributed by atoms with Crippen LogP contribution in [0, 0.1) is 0 Å². The van der Waals surface area contributed by atoms with Gasteiger partial charge in [0.25, 0.3) is 5.91 Å². The number of para-hydroxylation sites is 1. The lowest BCUT2D eigenvalue weighted by Crippen LogP contribution is -2.26. The molecule has 0 unspecified atom stereocenters. The molecule has 0 fully saturated rings. The fourth-order valence-electron chi connectivity index (χ4n) is 1.98. The van der Waals surface area contributed by atoms with Crippen LogP contribution in [0.25, 0.3) is 0 Å². The molecular formula is C16H19ClN2OS. The van der Waals surface area contributed by atoms with Crippen molar-refractivity contribution in [3.63, 3.8) is 0 Å². The van der Waals surface area contributed by atoms with Crippen LogP contribution in [0.3, 0.4) is 0 Å². The molecule has 0 saturated heterocycles. The molecule has 1 heterocycles. The van der Waals surface area contributed by atoms with Crippen LogP contribution in [0.2, 0.25) is 4.34 Å². The Balaban J connectivity index is 1.90. The summed E-state index contributed by atoms with van der Waals surface area (Å²) in [6.45, 7) is 3.57. The number of hydrogen-bond donors (Lipinski definition) is 2. The predicted octanol–water partition coefficient (Wildman–Crippen LogP) is 4.20. The maximum absolute atomic E-state index is 12.3. The van der Waals surface area contributed by atoms with Gasteiger partial charge >= 0.3 is 0 Å². The van der Waals surface area contributed by atoms with Crippen molar-refractivity contribution in [2.24, 2.45) is 0 Å². The summed E-state index contributed by atoms with van der Waals surface area (Å²) in [6, 6.07) is 11.5. The van der Waals surface area contributed by atoms with Crippen LogP contribution in [0.5, 0.6) is 0 Å². The normalized spacial score (nSPS) is 10.4. The van der Waals surface area contributed by atoms with Crippen molar-refractivity contribution in [1.29, 1.82) is 0 Å². The molecule has 1 aromatic carbocycles. The molecule has 5 heteroatoms. The van der Waals surface area contributed by atoms with Crippen LogP contribution in [0.4, 0.5) is 5.69 Å². The third-order valence-electron chi connectivity index (χ3n) is 3.02. The average Bonchev–Trinajstić information content (AvgIpc) is 2.91. The summed E-state index contributed by atoms with van der Waals surface area (Å²) < 4.78 is 0.783. The van der Waals surface area contributed by atoms with Gasteiger partial charge in [-0.1, -0.05) is 30.7 Å². The Morgan fingerprint density at radius 3 is 2.71 bits per heavy atom. The molecule has 21 heavy (non-hydrogen) atoms. The van der Waals surface area contributed by atoms with E-state index in [0.29, 0.717) is 12.1 Å². The summed E-state index contributed by atoms with van der Waals surface area (Å²) in [7, 11) is 0. The molecule has 0 aliphatic rings. The molecular weight excluding hydrogens is 304 g/mol. The second kappa shape index (κ2) is 8.05. The largest absolute Gasteiger partial charge is 0.384 e. The molecule has 1 amide bonds. The quantitative estimate of drug-likeness (QED) is 0.802. The van der Waals surface area contributed by atoms with Gasteiger partial charge in [0.15, 0.2) is 0 Å². The number of benzene rings is 1. The van der Waals surface area contributed by atoms with Crippen LogP contribution >= 0.6 is 22.9 Å². The van der Waals surface area contributed by atoms with E-state index in [2.05, 4.69) is 17.6 Å². The van der Waals surface area contributed by atoms with Crippen molar-refractivity contribution >= 4 is 34.5 Å². The zero-order valence-electron chi connectivity index (χ0n) is 12.0. The summed E-state index contributed by atoms with van der Waals surface area (Å²) >= 11 is 7.44. The number of carbonyl (C=O) groups excluding carboxylic acids is 1. The maximum Gasteiger partial charge on any atom is 0.253 e. The van der Waals surface area contributed by atoms with Crippen LogP contribution in [-0.4, -0.2) is 19.0 Å². The van der Waals surface area contributed by atoms with Gasteiger partial charge in [0.1, 0.15) is 0 Å². The van der Waals surface area contributed by atoms with Crippen LogP contribution in [0.15, 0.2) is 36.4 Å². The van der Waals surface area contributed by atoms with Crippen LogP contribution < -0.4 is 10.6 Å². The highest BCUT2D eigenvalue weighted by molar-refractivity contribution is 7.16. The van der Waals surface area contributed by atoms with Gasteiger partial charge in [-0.05, 0) is 37.1 Å². The van der Waals surface area contributed by atoms with E-state index in [9.17, 15) is 4.79 Å². The first kappa shape index (κ1) is 15.9. The van der Waals surface area contributed by atoms with E-state index >= 15 is 0 Å². The van der Waals surface area contributed by atoms with E-state index in [1.807, 2.05) is 36.4 Å². The topological polar surface area (TPSA) is 41.1 Å². The van der Waals surface area contributed by atoms with Gasteiger partial charge in [-0.15, -0.1) is 11.3 Å². The molecule has 0 saturated carbocycles. The summed E-state index contributed by atoms with van der Waals surface area (Å²) in [6.07, 6.45) is 1.82. The summed E-state index contributed by atoms with van der Waals surface area (Å²) in [5, 5.41) is 6.24. The maximum atomic E-state index is 12.3. The van der Waals surface area contributed by atoms with Gasteiger partial charge in [-0.3, -0.25) is 4.79 Å². The molecule has 0 atom stereocenters. The number of nitrogens with one attached hydrogen (secondary N) is 2. The van der Waals surface area contributed by atoms with E-state index in [1.165, 1.54) is 4.88 Å². The first-order valence-corrected chi connectivity index (χ1v) is 8.25. The fraction of sp³-hybridized carbons (Fsp3) is 0.312. The van der Waals surface area contributed by atoms with Crippen molar-refractivity contribution < 1.29 is 4.79 Å². The Morgan fingerprint density at radius 1 is 1.19 bits per heavy atom. The van der Waals surface area contributed by atoms with Crippen molar-refractivity contribution in [1.82, 2.24) is 5.32 Å². The first-order valence-electron chi connectivity index (χ1n) is 7.06.